The zero-order valence-electron chi connectivity index (χ0n) is 22.7. The van der Waals surface area contributed by atoms with Crippen molar-refractivity contribution in [1.82, 2.24) is 19.8 Å². The molecular weight excluding hydrogens is 504 g/mol. The molecule has 2 aromatic carbocycles. The first kappa shape index (κ1) is 27.4. The number of fused-ring (bicyclic) bond motifs is 7. The Bertz CT molecular complexity index is 1340. The largest absolute Gasteiger partial charge is 0.493 e. The predicted molar refractivity (Wildman–Crippen MR) is 158 cm³/mol. The Morgan fingerprint density at radius 1 is 1.10 bits per heavy atom. The molecule has 208 valence electrons. The fraction of sp³-hybridized carbons (Fsp3) is 0.323. The molecule has 1 fully saturated rings. The van der Waals surface area contributed by atoms with Gasteiger partial charge in [-0.15, -0.1) is 0 Å². The Morgan fingerprint density at radius 2 is 2.00 bits per heavy atom. The number of carbonyl (C=O) groups excluding carboxylic acids is 1. The molecule has 2 aliphatic rings. The molecule has 0 atom stereocenters. The molecule has 1 saturated heterocycles. The summed E-state index contributed by atoms with van der Waals surface area (Å²) in [5.74, 6) is 1.34. The van der Waals surface area contributed by atoms with Crippen LogP contribution in [0, 0.1) is 0 Å². The summed E-state index contributed by atoms with van der Waals surface area (Å²) in [6.45, 7) is 10.0. The Balaban J connectivity index is 1.29. The van der Waals surface area contributed by atoms with Gasteiger partial charge in [-0.25, -0.2) is 9.97 Å². The van der Waals surface area contributed by atoms with E-state index in [2.05, 4.69) is 51.4 Å². The Kier molecular flexibility index (Phi) is 9.39. The fourth-order valence-corrected chi connectivity index (χ4v) is 4.76. The van der Waals surface area contributed by atoms with Crippen LogP contribution in [-0.4, -0.2) is 78.2 Å². The highest BCUT2D eigenvalue weighted by molar-refractivity contribution is 5.87. The average molecular weight is 541 g/mol. The number of piperazine rings is 1. The van der Waals surface area contributed by atoms with Crippen molar-refractivity contribution in [2.75, 3.05) is 63.1 Å². The van der Waals surface area contributed by atoms with Crippen LogP contribution in [0.4, 0.5) is 17.3 Å². The minimum atomic E-state index is 0.00704. The van der Waals surface area contributed by atoms with Gasteiger partial charge in [0.25, 0.3) is 0 Å². The van der Waals surface area contributed by atoms with Crippen LogP contribution in [0.2, 0.25) is 0 Å². The van der Waals surface area contributed by atoms with Gasteiger partial charge in [0.1, 0.15) is 5.75 Å². The summed E-state index contributed by atoms with van der Waals surface area (Å²) in [6.07, 6.45) is 8.07. The summed E-state index contributed by atoms with van der Waals surface area (Å²) in [6, 6.07) is 16.1. The van der Waals surface area contributed by atoms with Gasteiger partial charge in [0.05, 0.1) is 25.5 Å². The molecule has 0 unspecified atom stereocenters. The number of nitrogens with zero attached hydrogens (tertiary/aromatic N) is 4. The van der Waals surface area contributed by atoms with Crippen LogP contribution in [-0.2, 0) is 16.1 Å². The van der Waals surface area contributed by atoms with E-state index in [-0.39, 0.29) is 5.91 Å². The smallest absolute Gasteiger partial charge is 0.246 e. The van der Waals surface area contributed by atoms with Crippen LogP contribution in [0.3, 0.4) is 0 Å². The molecule has 3 heterocycles. The number of carbonyl (C=O) groups is 1. The maximum absolute atomic E-state index is 11.8. The zero-order chi connectivity index (χ0) is 27.6. The SMILES string of the molecule is C=CC(=O)N1CCN(CCNc2cc3cc(c2)Nc2nccc(n2)-c2cccc(c2)OCC/C=C/COC3)CC1. The summed E-state index contributed by atoms with van der Waals surface area (Å²) >= 11 is 0. The highest BCUT2D eigenvalue weighted by atomic mass is 16.5. The number of amides is 1. The number of ether oxygens (including phenoxy) is 2. The van der Waals surface area contributed by atoms with Gasteiger partial charge in [0.2, 0.25) is 11.9 Å². The molecule has 2 N–H and O–H groups in total. The monoisotopic (exact) mass is 540 g/mol. The van der Waals surface area contributed by atoms with Gasteiger partial charge in [0, 0.05) is 62.4 Å². The molecule has 9 heteroatoms. The maximum Gasteiger partial charge on any atom is 0.246 e. The van der Waals surface area contributed by atoms with E-state index in [1.165, 1.54) is 6.08 Å². The Hall–Kier alpha value is -4.21. The first-order valence-corrected chi connectivity index (χ1v) is 13.7. The average Bonchev–Trinajstić information content (AvgIpc) is 2.98. The second-order valence-corrected chi connectivity index (χ2v) is 9.76. The fourth-order valence-electron chi connectivity index (χ4n) is 4.76. The van der Waals surface area contributed by atoms with Crippen LogP contribution in [0.1, 0.15) is 12.0 Å². The van der Waals surface area contributed by atoms with E-state index in [1.807, 2.05) is 41.3 Å². The van der Waals surface area contributed by atoms with E-state index in [9.17, 15) is 4.79 Å². The summed E-state index contributed by atoms with van der Waals surface area (Å²) in [7, 11) is 0. The predicted octanol–water partition coefficient (Wildman–Crippen LogP) is 4.48. The van der Waals surface area contributed by atoms with Crippen molar-refractivity contribution in [3.05, 3.63) is 85.1 Å². The minimum Gasteiger partial charge on any atom is -0.493 e. The lowest BCUT2D eigenvalue weighted by molar-refractivity contribution is -0.127. The van der Waals surface area contributed by atoms with Crippen LogP contribution in [0.25, 0.3) is 11.3 Å². The first-order chi connectivity index (χ1) is 19.7. The van der Waals surface area contributed by atoms with Gasteiger partial charge in [0.15, 0.2) is 0 Å². The van der Waals surface area contributed by atoms with Gasteiger partial charge in [-0.2, -0.15) is 0 Å². The molecule has 3 aromatic rings. The van der Waals surface area contributed by atoms with Gasteiger partial charge in [-0.1, -0.05) is 30.9 Å². The van der Waals surface area contributed by atoms with Gasteiger partial charge < -0.3 is 25.0 Å². The molecule has 5 rings (SSSR count). The van der Waals surface area contributed by atoms with Crippen LogP contribution >= 0.6 is 0 Å². The van der Waals surface area contributed by atoms with E-state index >= 15 is 0 Å². The zero-order valence-corrected chi connectivity index (χ0v) is 22.7. The molecule has 1 amide bonds. The molecule has 6 bridgehead atoms. The first-order valence-electron chi connectivity index (χ1n) is 13.7. The second-order valence-electron chi connectivity index (χ2n) is 9.76. The van der Waals surface area contributed by atoms with E-state index in [0.717, 1.165) is 79.6 Å². The van der Waals surface area contributed by atoms with Crippen LogP contribution in [0.15, 0.2) is 79.5 Å². The summed E-state index contributed by atoms with van der Waals surface area (Å²) in [4.78, 5) is 25.3. The minimum absolute atomic E-state index is 0.00704. The molecule has 0 saturated carbocycles. The lowest BCUT2D eigenvalue weighted by Gasteiger charge is -2.34. The number of benzene rings is 2. The maximum atomic E-state index is 11.8. The number of rotatable bonds is 5. The van der Waals surface area contributed by atoms with Crippen molar-refractivity contribution in [3.63, 3.8) is 0 Å². The van der Waals surface area contributed by atoms with Crippen molar-refractivity contribution >= 4 is 23.2 Å². The van der Waals surface area contributed by atoms with Crippen molar-refractivity contribution in [2.24, 2.45) is 0 Å². The Labute approximate surface area is 235 Å². The second kappa shape index (κ2) is 13.7. The summed E-state index contributed by atoms with van der Waals surface area (Å²) < 4.78 is 11.8. The van der Waals surface area contributed by atoms with E-state index in [0.29, 0.717) is 25.8 Å². The third-order valence-electron chi connectivity index (χ3n) is 6.85. The summed E-state index contributed by atoms with van der Waals surface area (Å²) in [5, 5.41) is 6.94. The van der Waals surface area contributed by atoms with Gasteiger partial charge in [-0.05, 0) is 54.5 Å². The van der Waals surface area contributed by atoms with Crippen LogP contribution < -0.4 is 15.4 Å². The topological polar surface area (TPSA) is 91.9 Å². The van der Waals surface area contributed by atoms with Crippen molar-refractivity contribution < 1.29 is 14.3 Å². The number of aromatic nitrogens is 2. The quantitative estimate of drug-likeness (QED) is 0.362. The lowest BCUT2D eigenvalue weighted by atomic mass is 10.1. The number of nitrogens with one attached hydrogen (secondary N) is 2. The third kappa shape index (κ3) is 7.68. The van der Waals surface area contributed by atoms with Crippen molar-refractivity contribution in [3.8, 4) is 17.0 Å². The van der Waals surface area contributed by atoms with E-state index < -0.39 is 0 Å². The molecule has 0 radical (unpaired) electrons. The molecule has 40 heavy (non-hydrogen) atoms. The molecule has 0 spiro atoms. The Morgan fingerprint density at radius 3 is 2.88 bits per heavy atom. The van der Waals surface area contributed by atoms with Crippen molar-refractivity contribution in [2.45, 2.75) is 13.0 Å². The standard InChI is InChI=1S/C31H36N6O3/c1-2-30(38)37-15-13-36(14-16-37)12-11-32-26-19-24-20-27(22-26)34-31-33-10-9-29(35-31)25-7-6-8-28(21-25)40-18-5-3-4-17-39-23-24/h2-4,6-10,19-22,32H,1,5,11-18,23H2,(H,33,34,35)/b4-3+. The summed E-state index contributed by atoms with van der Waals surface area (Å²) in [5.41, 5.74) is 4.71. The molecule has 9 nitrogen and oxygen atoms in total. The van der Waals surface area contributed by atoms with Gasteiger partial charge >= 0.3 is 0 Å². The van der Waals surface area contributed by atoms with E-state index in [1.54, 1.807) is 6.20 Å². The number of hydrogen-bond donors (Lipinski definition) is 2. The molecule has 1 aromatic heterocycles. The normalized spacial score (nSPS) is 16.9. The number of hydrogen-bond acceptors (Lipinski definition) is 8. The molecule has 2 aliphatic heterocycles. The highest BCUT2D eigenvalue weighted by Crippen LogP contribution is 2.26. The third-order valence-corrected chi connectivity index (χ3v) is 6.85. The van der Waals surface area contributed by atoms with Crippen LogP contribution in [0.5, 0.6) is 5.75 Å². The van der Waals surface area contributed by atoms with E-state index in [4.69, 9.17) is 14.5 Å². The highest BCUT2D eigenvalue weighted by Gasteiger charge is 2.18. The van der Waals surface area contributed by atoms with Gasteiger partial charge in [-0.3, -0.25) is 9.69 Å². The molecular formula is C31H36N6O3. The van der Waals surface area contributed by atoms with Crippen molar-refractivity contribution in [1.29, 1.82) is 0 Å². The number of anilines is 3. The lowest BCUT2D eigenvalue weighted by Crippen LogP contribution is -2.49. The molecule has 0 aliphatic carbocycles.